The van der Waals surface area contributed by atoms with Gasteiger partial charge < -0.3 is 15.0 Å². The summed E-state index contributed by atoms with van der Waals surface area (Å²) in [6, 6.07) is 0.734. The van der Waals surface area contributed by atoms with Crippen LogP contribution in [0.25, 0.3) is 0 Å². The number of piperidine rings is 1. The van der Waals surface area contributed by atoms with E-state index in [0.717, 1.165) is 19.2 Å². The van der Waals surface area contributed by atoms with E-state index in [2.05, 4.69) is 17.1 Å². The van der Waals surface area contributed by atoms with Crippen molar-refractivity contribution in [1.82, 2.24) is 10.2 Å². The van der Waals surface area contributed by atoms with Crippen molar-refractivity contribution in [2.24, 2.45) is 0 Å². The fraction of sp³-hybridized carbons (Fsp3) is 1.00. The zero-order valence-corrected chi connectivity index (χ0v) is 11.0. The van der Waals surface area contributed by atoms with Crippen LogP contribution in [-0.2, 0) is 4.74 Å². The van der Waals surface area contributed by atoms with Crippen molar-refractivity contribution in [3.05, 3.63) is 0 Å². The second-order valence-corrected chi connectivity index (χ2v) is 4.75. The summed E-state index contributed by atoms with van der Waals surface area (Å²) in [5.74, 6) is 0. The minimum Gasteiger partial charge on any atom is -0.385 e. The van der Waals surface area contributed by atoms with E-state index in [1.165, 1.54) is 51.7 Å². The van der Waals surface area contributed by atoms with Crippen molar-refractivity contribution in [2.45, 2.75) is 45.1 Å². The quantitative estimate of drug-likeness (QED) is 0.642. The molecular weight excluding hydrogens is 200 g/mol. The van der Waals surface area contributed by atoms with Crippen LogP contribution in [0, 0.1) is 0 Å². The highest BCUT2D eigenvalue weighted by molar-refractivity contribution is 4.77. The van der Waals surface area contributed by atoms with Crippen LogP contribution in [-0.4, -0.2) is 50.8 Å². The predicted molar refractivity (Wildman–Crippen MR) is 68.9 cm³/mol. The maximum atomic E-state index is 5.06. The lowest BCUT2D eigenvalue weighted by Gasteiger charge is -2.33. The Morgan fingerprint density at radius 2 is 2.19 bits per heavy atom. The molecule has 0 bridgehead atoms. The van der Waals surface area contributed by atoms with Crippen LogP contribution in [0.3, 0.4) is 0 Å². The molecule has 0 amide bonds. The minimum absolute atomic E-state index is 0.734. The number of unbranched alkanes of at least 4 members (excludes halogenated alkanes) is 2. The molecule has 1 N–H and O–H groups in total. The number of ether oxygens (including phenoxy) is 1. The Hall–Kier alpha value is -0.120. The van der Waals surface area contributed by atoms with Crippen molar-refractivity contribution >= 4 is 0 Å². The Balaban J connectivity index is 2.02. The number of methoxy groups -OCH3 is 1. The van der Waals surface area contributed by atoms with E-state index in [-0.39, 0.29) is 0 Å². The smallest absolute Gasteiger partial charge is 0.0462 e. The molecule has 3 nitrogen and oxygen atoms in total. The standard InChI is InChI=1S/C13H28N2O/c1-3-14-13-8-7-10-15(12-13)9-5-4-6-11-16-2/h13-14H,3-12H2,1-2H3. The van der Waals surface area contributed by atoms with Gasteiger partial charge in [0, 0.05) is 26.3 Å². The first-order valence-electron chi connectivity index (χ1n) is 6.81. The van der Waals surface area contributed by atoms with E-state index >= 15 is 0 Å². The van der Waals surface area contributed by atoms with Crippen LogP contribution in [0.2, 0.25) is 0 Å². The number of likely N-dealkylation sites (tertiary alicyclic amines) is 1. The van der Waals surface area contributed by atoms with Gasteiger partial charge in [-0.15, -0.1) is 0 Å². The normalized spacial score (nSPS) is 22.5. The second kappa shape index (κ2) is 8.97. The molecule has 0 aromatic carbocycles. The van der Waals surface area contributed by atoms with Gasteiger partial charge in [0.05, 0.1) is 0 Å². The lowest BCUT2D eigenvalue weighted by molar-refractivity contribution is 0.176. The second-order valence-electron chi connectivity index (χ2n) is 4.75. The number of hydrogen-bond donors (Lipinski definition) is 1. The van der Waals surface area contributed by atoms with E-state index in [1.54, 1.807) is 7.11 Å². The molecule has 1 atom stereocenters. The topological polar surface area (TPSA) is 24.5 Å². The maximum Gasteiger partial charge on any atom is 0.0462 e. The molecule has 0 saturated carbocycles. The molecule has 0 spiro atoms. The number of rotatable bonds is 8. The largest absolute Gasteiger partial charge is 0.385 e. The lowest BCUT2D eigenvalue weighted by Crippen LogP contribution is -2.45. The Bertz CT molecular complexity index is 162. The Morgan fingerprint density at radius 1 is 1.31 bits per heavy atom. The molecule has 1 aliphatic heterocycles. The molecule has 0 aromatic rings. The van der Waals surface area contributed by atoms with Crippen LogP contribution >= 0.6 is 0 Å². The maximum absolute atomic E-state index is 5.06. The lowest BCUT2D eigenvalue weighted by atomic mass is 10.1. The minimum atomic E-state index is 0.734. The van der Waals surface area contributed by atoms with Crippen LogP contribution in [0.1, 0.15) is 39.0 Å². The summed E-state index contributed by atoms with van der Waals surface area (Å²) in [6.45, 7) is 8.03. The van der Waals surface area contributed by atoms with Gasteiger partial charge in [-0.1, -0.05) is 6.92 Å². The molecule has 1 rings (SSSR count). The van der Waals surface area contributed by atoms with Crippen molar-refractivity contribution in [3.8, 4) is 0 Å². The van der Waals surface area contributed by atoms with Crippen molar-refractivity contribution < 1.29 is 4.74 Å². The van der Waals surface area contributed by atoms with Gasteiger partial charge >= 0.3 is 0 Å². The summed E-state index contributed by atoms with van der Waals surface area (Å²) in [5.41, 5.74) is 0. The van der Waals surface area contributed by atoms with Crippen molar-refractivity contribution in [3.63, 3.8) is 0 Å². The highest BCUT2D eigenvalue weighted by Gasteiger charge is 2.17. The average molecular weight is 228 g/mol. The van der Waals surface area contributed by atoms with Crippen LogP contribution in [0.5, 0.6) is 0 Å². The van der Waals surface area contributed by atoms with E-state index < -0.39 is 0 Å². The summed E-state index contributed by atoms with van der Waals surface area (Å²) < 4.78 is 5.06. The van der Waals surface area contributed by atoms with E-state index in [0.29, 0.717) is 0 Å². The van der Waals surface area contributed by atoms with Gasteiger partial charge in [-0.25, -0.2) is 0 Å². The Labute approximate surface area is 101 Å². The molecule has 1 heterocycles. The van der Waals surface area contributed by atoms with E-state index in [1.807, 2.05) is 0 Å². The summed E-state index contributed by atoms with van der Waals surface area (Å²) in [5, 5.41) is 3.56. The van der Waals surface area contributed by atoms with Gasteiger partial charge in [0.25, 0.3) is 0 Å². The zero-order chi connectivity index (χ0) is 11.6. The highest BCUT2D eigenvalue weighted by Crippen LogP contribution is 2.11. The third kappa shape index (κ3) is 5.83. The zero-order valence-electron chi connectivity index (χ0n) is 11.0. The van der Waals surface area contributed by atoms with Gasteiger partial charge in [0.1, 0.15) is 0 Å². The molecule has 0 aliphatic carbocycles. The van der Waals surface area contributed by atoms with Gasteiger partial charge in [0.2, 0.25) is 0 Å². The van der Waals surface area contributed by atoms with Crippen molar-refractivity contribution in [1.29, 1.82) is 0 Å². The third-order valence-corrected chi connectivity index (χ3v) is 3.32. The van der Waals surface area contributed by atoms with Gasteiger partial charge in [-0.05, 0) is 51.7 Å². The molecule has 0 radical (unpaired) electrons. The van der Waals surface area contributed by atoms with Crippen LogP contribution in [0.15, 0.2) is 0 Å². The molecule has 96 valence electrons. The summed E-state index contributed by atoms with van der Waals surface area (Å²) in [4.78, 5) is 2.61. The fourth-order valence-corrected chi connectivity index (χ4v) is 2.47. The molecule has 16 heavy (non-hydrogen) atoms. The van der Waals surface area contributed by atoms with E-state index in [4.69, 9.17) is 4.74 Å². The third-order valence-electron chi connectivity index (χ3n) is 3.32. The van der Waals surface area contributed by atoms with Crippen LogP contribution in [0.4, 0.5) is 0 Å². The van der Waals surface area contributed by atoms with Gasteiger partial charge in [-0.2, -0.15) is 0 Å². The molecule has 1 unspecified atom stereocenters. The average Bonchev–Trinajstić information content (AvgIpc) is 2.30. The monoisotopic (exact) mass is 228 g/mol. The number of hydrogen-bond acceptors (Lipinski definition) is 3. The van der Waals surface area contributed by atoms with Gasteiger partial charge in [-0.3, -0.25) is 0 Å². The fourth-order valence-electron chi connectivity index (χ4n) is 2.47. The van der Waals surface area contributed by atoms with Crippen molar-refractivity contribution in [2.75, 3.05) is 39.9 Å². The molecule has 1 aliphatic rings. The van der Waals surface area contributed by atoms with E-state index in [9.17, 15) is 0 Å². The number of likely N-dealkylation sites (N-methyl/N-ethyl adjacent to an activating group) is 1. The Morgan fingerprint density at radius 3 is 2.94 bits per heavy atom. The summed E-state index contributed by atoms with van der Waals surface area (Å²) >= 11 is 0. The predicted octanol–water partition coefficient (Wildman–Crippen LogP) is 1.88. The molecular formula is C13H28N2O. The number of nitrogens with zero attached hydrogens (tertiary/aromatic N) is 1. The first-order chi connectivity index (χ1) is 7.86. The Kier molecular flexibility index (Phi) is 7.81. The first-order valence-corrected chi connectivity index (χ1v) is 6.81. The SMILES string of the molecule is CCNC1CCCN(CCCCCOC)C1. The molecule has 3 heteroatoms. The number of nitrogens with one attached hydrogen (secondary N) is 1. The van der Waals surface area contributed by atoms with Crippen LogP contribution < -0.4 is 5.32 Å². The summed E-state index contributed by atoms with van der Waals surface area (Å²) in [6.07, 6.45) is 6.54. The molecule has 1 saturated heterocycles. The van der Waals surface area contributed by atoms with Gasteiger partial charge in [0.15, 0.2) is 0 Å². The highest BCUT2D eigenvalue weighted by atomic mass is 16.5. The molecule has 1 fully saturated rings. The molecule has 0 aromatic heterocycles. The first kappa shape index (κ1) is 13.9. The summed E-state index contributed by atoms with van der Waals surface area (Å²) in [7, 11) is 1.78.